The predicted molar refractivity (Wildman–Crippen MR) is 126 cm³/mol. The molecule has 182 valence electrons. The molecule has 6 nitrogen and oxygen atoms in total. The van der Waals surface area contributed by atoms with E-state index < -0.39 is 29.7 Å². The smallest absolute Gasteiger partial charge is 0.412 e. The fourth-order valence-electron chi connectivity index (χ4n) is 4.41. The van der Waals surface area contributed by atoms with Crippen molar-refractivity contribution in [2.24, 2.45) is 0 Å². The molecule has 2 aromatic carbocycles. The zero-order chi connectivity index (χ0) is 24.5. The van der Waals surface area contributed by atoms with Crippen LogP contribution in [0.3, 0.4) is 0 Å². The van der Waals surface area contributed by atoms with Gasteiger partial charge in [-0.25, -0.2) is 13.6 Å². The Labute approximate surface area is 205 Å². The molecule has 1 fully saturated rings. The Morgan fingerprint density at radius 3 is 2.74 bits per heavy atom. The van der Waals surface area contributed by atoms with Gasteiger partial charge in [0.2, 0.25) is 0 Å². The number of hydrogen-bond donors (Lipinski definition) is 1. The molecule has 1 saturated heterocycles. The van der Waals surface area contributed by atoms with E-state index in [0.717, 1.165) is 5.56 Å². The van der Waals surface area contributed by atoms with Crippen LogP contribution in [-0.2, 0) is 16.1 Å². The predicted octanol–water partition coefficient (Wildman–Crippen LogP) is 5.56. The van der Waals surface area contributed by atoms with E-state index in [4.69, 9.17) is 9.47 Å². The van der Waals surface area contributed by atoms with Gasteiger partial charge in [-0.3, -0.25) is 4.90 Å². The lowest BCUT2D eigenvalue weighted by Gasteiger charge is -2.34. The Hall–Kier alpha value is -2.49. The van der Waals surface area contributed by atoms with Crippen molar-refractivity contribution < 1.29 is 28.2 Å². The van der Waals surface area contributed by atoms with E-state index in [-0.39, 0.29) is 22.7 Å². The van der Waals surface area contributed by atoms with Gasteiger partial charge in [-0.05, 0) is 65.9 Å². The van der Waals surface area contributed by atoms with Crippen LogP contribution in [0.4, 0.5) is 13.6 Å². The van der Waals surface area contributed by atoms with Crippen LogP contribution in [0.2, 0.25) is 0 Å². The van der Waals surface area contributed by atoms with Crippen molar-refractivity contribution in [3.8, 4) is 0 Å². The number of nitrogens with zero attached hydrogens (tertiary/aromatic N) is 2. The maximum absolute atomic E-state index is 14.5. The minimum Gasteiger partial charge on any atom is -0.444 e. The zero-order valence-corrected chi connectivity index (χ0v) is 20.6. The van der Waals surface area contributed by atoms with Crippen LogP contribution in [-0.4, -0.2) is 45.9 Å². The van der Waals surface area contributed by atoms with Crippen molar-refractivity contribution >= 4 is 28.1 Å². The molecule has 0 bridgehead atoms. The first-order chi connectivity index (χ1) is 16.2. The molecule has 4 rings (SSSR count). The van der Waals surface area contributed by atoms with Crippen LogP contribution in [0.5, 0.6) is 0 Å². The fraction of sp³-hybridized carbons (Fsp3) is 0.400. The second-order valence-electron chi connectivity index (χ2n) is 8.88. The van der Waals surface area contributed by atoms with Crippen molar-refractivity contribution in [2.45, 2.75) is 51.3 Å². The molecule has 0 spiro atoms. The molecule has 0 aliphatic carbocycles. The average Bonchev–Trinajstić information content (AvgIpc) is 3.12. The second kappa shape index (κ2) is 10.0. The summed E-state index contributed by atoms with van der Waals surface area (Å²) >= 11 is 2.99. The number of hydrogen-bond acceptors (Lipinski definition) is 5. The molecule has 2 aliphatic heterocycles. The molecular formula is C25H27BrF2N2O4. The highest BCUT2D eigenvalue weighted by Gasteiger charge is 2.44. The van der Waals surface area contributed by atoms with Gasteiger partial charge in [0.1, 0.15) is 12.3 Å². The van der Waals surface area contributed by atoms with Gasteiger partial charge in [0.15, 0.2) is 17.9 Å². The van der Waals surface area contributed by atoms with E-state index >= 15 is 0 Å². The van der Waals surface area contributed by atoms with Crippen LogP contribution in [0.1, 0.15) is 49.6 Å². The Morgan fingerprint density at radius 2 is 2.00 bits per heavy atom. The van der Waals surface area contributed by atoms with Crippen molar-refractivity contribution in [1.82, 2.24) is 9.80 Å². The van der Waals surface area contributed by atoms with Gasteiger partial charge in [0.25, 0.3) is 0 Å². The minimum atomic E-state index is -1.30. The van der Waals surface area contributed by atoms with Gasteiger partial charge in [-0.2, -0.15) is 0 Å². The zero-order valence-electron chi connectivity index (χ0n) is 19.0. The number of carbonyl (C=O) groups is 1. The van der Waals surface area contributed by atoms with Crippen LogP contribution < -0.4 is 0 Å². The topological polar surface area (TPSA) is 62.2 Å². The van der Waals surface area contributed by atoms with E-state index in [1.165, 1.54) is 6.07 Å². The lowest BCUT2D eigenvalue weighted by molar-refractivity contribution is -0.0496. The third-order valence-electron chi connectivity index (χ3n) is 6.18. The Balaban J connectivity index is 1.36. The van der Waals surface area contributed by atoms with Crippen molar-refractivity contribution in [3.63, 3.8) is 0 Å². The van der Waals surface area contributed by atoms with Crippen LogP contribution in [0.15, 0.2) is 47.1 Å². The quantitative estimate of drug-likeness (QED) is 0.490. The Kier molecular flexibility index (Phi) is 7.25. The maximum Gasteiger partial charge on any atom is 0.412 e. The van der Waals surface area contributed by atoms with Crippen LogP contribution in [0.25, 0.3) is 6.08 Å². The molecule has 1 amide bonds. The normalized spacial score (nSPS) is 21.0. The Bertz CT molecular complexity index is 1080. The average molecular weight is 537 g/mol. The van der Waals surface area contributed by atoms with Gasteiger partial charge in [0, 0.05) is 18.3 Å². The summed E-state index contributed by atoms with van der Waals surface area (Å²) in [5, 5.41) is 10.7. The Morgan fingerprint density at radius 1 is 1.26 bits per heavy atom. The molecule has 0 radical (unpaired) electrons. The fourth-order valence-corrected chi connectivity index (χ4v) is 4.83. The second-order valence-corrected chi connectivity index (χ2v) is 9.73. The van der Waals surface area contributed by atoms with E-state index in [2.05, 4.69) is 15.9 Å². The molecular weight excluding hydrogens is 510 g/mol. The number of aliphatic hydroxyl groups excluding tert-OH is 1. The SMILES string of the molecule is CC1(C)OC[C@@H](CCCN2C=Cc3cc(Br)c(F)c(F)c3C2O)N1C(=O)OCc1ccccc1. The van der Waals surface area contributed by atoms with E-state index in [9.17, 15) is 18.7 Å². The molecule has 0 saturated carbocycles. The molecule has 1 unspecified atom stereocenters. The number of ether oxygens (including phenoxy) is 2. The largest absolute Gasteiger partial charge is 0.444 e. The summed E-state index contributed by atoms with van der Waals surface area (Å²) < 4.78 is 39.8. The first-order valence-electron chi connectivity index (χ1n) is 11.1. The van der Waals surface area contributed by atoms with E-state index in [1.54, 1.807) is 22.1 Å². The summed E-state index contributed by atoms with van der Waals surface area (Å²) in [7, 11) is 0. The highest BCUT2D eigenvalue weighted by molar-refractivity contribution is 9.10. The third-order valence-corrected chi connectivity index (χ3v) is 6.76. The standard InChI is InChI=1S/C25H27BrF2N2O4/c1-25(2)30(24(32)33-14-16-7-4-3-5-8-16)18(15-34-25)9-6-11-29-12-10-17-13-19(26)21(27)22(28)20(17)23(29)31/h3-5,7-8,10,12-13,18,23,31H,6,9,11,14-15H2,1-2H3/t18-,23?/m1/s1. The van der Waals surface area contributed by atoms with Gasteiger partial charge < -0.3 is 19.5 Å². The van der Waals surface area contributed by atoms with E-state index in [1.807, 2.05) is 44.2 Å². The third kappa shape index (κ3) is 4.96. The lowest BCUT2D eigenvalue weighted by Crippen LogP contribution is -2.48. The first kappa shape index (κ1) is 24.6. The van der Waals surface area contributed by atoms with Gasteiger partial charge in [0.05, 0.1) is 17.1 Å². The van der Waals surface area contributed by atoms with Gasteiger partial charge in [-0.1, -0.05) is 30.3 Å². The summed E-state index contributed by atoms with van der Waals surface area (Å²) in [5.41, 5.74) is 0.426. The highest BCUT2D eigenvalue weighted by Crippen LogP contribution is 2.36. The number of aliphatic hydroxyl groups is 1. The van der Waals surface area contributed by atoms with E-state index in [0.29, 0.717) is 31.6 Å². The number of benzene rings is 2. The monoisotopic (exact) mass is 536 g/mol. The molecule has 2 aliphatic rings. The summed E-state index contributed by atoms with van der Waals surface area (Å²) in [5.74, 6) is -2.09. The number of amides is 1. The van der Waals surface area contributed by atoms with Crippen molar-refractivity contribution in [1.29, 1.82) is 0 Å². The molecule has 9 heteroatoms. The molecule has 34 heavy (non-hydrogen) atoms. The molecule has 1 N–H and O–H groups in total. The molecule has 2 aromatic rings. The summed E-state index contributed by atoms with van der Waals surface area (Å²) in [6.07, 6.45) is 2.73. The lowest BCUT2D eigenvalue weighted by atomic mass is 10.0. The molecule has 2 atom stereocenters. The van der Waals surface area contributed by atoms with Crippen molar-refractivity contribution in [2.75, 3.05) is 13.2 Å². The number of halogens is 3. The first-order valence-corrected chi connectivity index (χ1v) is 11.9. The van der Waals surface area contributed by atoms with Gasteiger partial charge in [-0.15, -0.1) is 0 Å². The van der Waals surface area contributed by atoms with Crippen LogP contribution in [0, 0.1) is 11.6 Å². The minimum absolute atomic E-state index is 0.0112. The van der Waals surface area contributed by atoms with Gasteiger partial charge >= 0.3 is 6.09 Å². The van der Waals surface area contributed by atoms with Crippen LogP contribution >= 0.6 is 15.9 Å². The number of fused-ring (bicyclic) bond motifs is 1. The molecule has 0 aromatic heterocycles. The number of carbonyl (C=O) groups excluding carboxylic acids is 1. The molecule has 2 heterocycles. The highest BCUT2D eigenvalue weighted by atomic mass is 79.9. The van der Waals surface area contributed by atoms with Crippen molar-refractivity contribution in [3.05, 3.63) is 75.4 Å². The summed E-state index contributed by atoms with van der Waals surface area (Å²) in [6.45, 7) is 4.56. The summed E-state index contributed by atoms with van der Waals surface area (Å²) in [6, 6.07) is 10.7. The number of rotatable bonds is 6. The summed E-state index contributed by atoms with van der Waals surface area (Å²) in [4.78, 5) is 16.0. The maximum atomic E-state index is 14.5.